The summed E-state index contributed by atoms with van der Waals surface area (Å²) in [6, 6.07) is 7.49. The van der Waals surface area contributed by atoms with Crippen molar-refractivity contribution in [2.24, 2.45) is 0 Å². The van der Waals surface area contributed by atoms with Crippen LogP contribution in [0.1, 0.15) is 26.7 Å². The Morgan fingerprint density at radius 2 is 2.11 bits per heavy atom. The average Bonchev–Trinajstić information content (AvgIpc) is 2.30. The molecule has 1 unspecified atom stereocenters. The van der Waals surface area contributed by atoms with Crippen molar-refractivity contribution in [3.8, 4) is 0 Å². The maximum Gasteiger partial charge on any atom is 0.288 e. The first-order valence-corrected chi connectivity index (χ1v) is 7.28. The summed E-state index contributed by atoms with van der Waals surface area (Å²) < 4.78 is 30.7. The Balaban J connectivity index is 2.06. The van der Waals surface area contributed by atoms with Gasteiger partial charge < -0.3 is 10.1 Å². The van der Waals surface area contributed by atoms with Crippen molar-refractivity contribution in [3.63, 3.8) is 0 Å². The summed E-state index contributed by atoms with van der Waals surface area (Å²) in [4.78, 5) is 0.599. The minimum atomic E-state index is -2.39. The van der Waals surface area contributed by atoms with Crippen LogP contribution in [-0.4, -0.2) is 24.0 Å². The van der Waals surface area contributed by atoms with Crippen LogP contribution < -0.4 is 5.32 Å². The monoisotopic (exact) mass is 287 g/mol. The molecule has 0 aliphatic carbocycles. The Kier molecular flexibility index (Phi) is 4.68. The molecule has 1 N–H and O–H groups in total. The summed E-state index contributed by atoms with van der Waals surface area (Å²) in [6.07, 6.45) is 1.78. The minimum Gasteiger partial charge on any atom is -0.381 e. The summed E-state index contributed by atoms with van der Waals surface area (Å²) in [5.41, 5.74) is 0.635. The zero-order valence-electron chi connectivity index (χ0n) is 11.2. The number of nitrogens with one attached hydrogen (secondary N) is 1. The van der Waals surface area contributed by atoms with Crippen LogP contribution in [0.15, 0.2) is 29.2 Å². The van der Waals surface area contributed by atoms with Crippen LogP contribution in [0.5, 0.6) is 0 Å². The fraction of sp³-hybridized carbons (Fsp3) is 0.571. The Labute approximate surface area is 116 Å². The van der Waals surface area contributed by atoms with Crippen LogP contribution in [0.3, 0.4) is 0 Å². The maximum atomic E-state index is 12.5. The Morgan fingerprint density at radius 1 is 1.37 bits per heavy atom. The number of rotatable bonds is 4. The highest BCUT2D eigenvalue weighted by Crippen LogP contribution is 2.34. The zero-order valence-corrected chi connectivity index (χ0v) is 12.0. The number of thioether (sulfide) groups is 1. The molecular weight excluding hydrogens is 268 g/mol. The van der Waals surface area contributed by atoms with E-state index in [1.54, 1.807) is 12.1 Å². The molecular formula is C14H19F2NOS. The minimum absolute atomic E-state index is 0.152. The fourth-order valence-corrected chi connectivity index (χ4v) is 2.96. The second-order valence-electron chi connectivity index (χ2n) is 5.32. The second kappa shape index (κ2) is 6.09. The van der Waals surface area contributed by atoms with E-state index in [1.807, 2.05) is 12.1 Å². The van der Waals surface area contributed by atoms with Crippen LogP contribution in [-0.2, 0) is 4.74 Å². The second-order valence-corrected chi connectivity index (χ2v) is 6.35. The molecule has 1 heterocycles. The van der Waals surface area contributed by atoms with Gasteiger partial charge in [0.1, 0.15) is 0 Å². The van der Waals surface area contributed by atoms with Gasteiger partial charge in [-0.3, -0.25) is 0 Å². The molecule has 0 bridgehead atoms. The SMILES string of the molecule is CC1(C)CC(Nc2ccccc2SC(F)F)CCO1. The van der Waals surface area contributed by atoms with Gasteiger partial charge in [0, 0.05) is 23.2 Å². The lowest BCUT2D eigenvalue weighted by molar-refractivity contribution is -0.0553. The lowest BCUT2D eigenvalue weighted by atomic mass is 9.94. The number of hydrogen-bond donors (Lipinski definition) is 1. The summed E-state index contributed by atoms with van der Waals surface area (Å²) in [7, 11) is 0. The van der Waals surface area contributed by atoms with Gasteiger partial charge in [-0.1, -0.05) is 23.9 Å². The van der Waals surface area contributed by atoms with Crippen molar-refractivity contribution in [2.75, 3.05) is 11.9 Å². The van der Waals surface area contributed by atoms with Crippen molar-refractivity contribution in [3.05, 3.63) is 24.3 Å². The van der Waals surface area contributed by atoms with Gasteiger partial charge in [-0.25, -0.2) is 0 Å². The number of anilines is 1. The van der Waals surface area contributed by atoms with Crippen LogP contribution in [0.2, 0.25) is 0 Å². The van der Waals surface area contributed by atoms with Gasteiger partial charge in [0.05, 0.1) is 5.60 Å². The van der Waals surface area contributed by atoms with Crippen LogP contribution >= 0.6 is 11.8 Å². The van der Waals surface area contributed by atoms with E-state index < -0.39 is 5.76 Å². The molecule has 1 aromatic carbocycles. The number of para-hydroxylation sites is 1. The molecule has 5 heteroatoms. The first kappa shape index (κ1) is 14.6. The van der Waals surface area contributed by atoms with E-state index in [4.69, 9.17) is 4.74 Å². The Bertz CT molecular complexity index is 426. The van der Waals surface area contributed by atoms with Gasteiger partial charge in [-0.15, -0.1) is 0 Å². The van der Waals surface area contributed by atoms with Crippen molar-refractivity contribution in [2.45, 2.75) is 49.0 Å². The molecule has 2 nitrogen and oxygen atoms in total. The van der Waals surface area contributed by atoms with E-state index in [9.17, 15) is 8.78 Å². The summed E-state index contributed by atoms with van der Waals surface area (Å²) >= 11 is 0.586. The Morgan fingerprint density at radius 3 is 2.79 bits per heavy atom. The van der Waals surface area contributed by atoms with E-state index in [0.717, 1.165) is 18.5 Å². The third-order valence-electron chi connectivity index (χ3n) is 3.16. The molecule has 1 aliphatic heterocycles. The molecule has 0 radical (unpaired) electrons. The zero-order chi connectivity index (χ0) is 13.9. The van der Waals surface area contributed by atoms with Gasteiger partial charge in [0.25, 0.3) is 5.76 Å². The quantitative estimate of drug-likeness (QED) is 0.831. The largest absolute Gasteiger partial charge is 0.381 e. The summed E-state index contributed by atoms with van der Waals surface area (Å²) in [6.45, 7) is 4.82. The molecule has 0 amide bonds. The number of alkyl halides is 2. The van der Waals surface area contributed by atoms with Crippen molar-refractivity contribution < 1.29 is 13.5 Å². The van der Waals surface area contributed by atoms with Crippen LogP contribution in [0.4, 0.5) is 14.5 Å². The molecule has 2 rings (SSSR count). The predicted molar refractivity (Wildman–Crippen MR) is 75.0 cm³/mol. The third-order valence-corrected chi connectivity index (χ3v) is 3.95. The number of hydrogen-bond acceptors (Lipinski definition) is 3. The van der Waals surface area contributed by atoms with E-state index in [-0.39, 0.29) is 11.6 Å². The molecule has 1 atom stereocenters. The maximum absolute atomic E-state index is 12.5. The highest BCUT2D eigenvalue weighted by atomic mass is 32.2. The summed E-state index contributed by atoms with van der Waals surface area (Å²) in [5.74, 6) is -2.39. The predicted octanol–water partition coefficient (Wildman–Crippen LogP) is 4.37. The van der Waals surface area contributed by atoms with Gasteiger partial charge in [-0.05, 0) is 38.8 Å². The Hall–Kier alpha value is -0.810. The smallest absolute Gasteiger partial charge is 0.288 e. The van der Waals surface area contributed by atoms with E-state index >= 15 is 0 Å². The lowest BCUT2D eigenvalue weighted by Gasteiger charge is -2.36. The molecule has 0 spiro atoms. The topological polar surface area (TPSA) is 21.3 Å². The van der Waals surface area contributed by atoms with Gasteiger partial charge in [0.2, 0.25) is 0 Å². The van der Waals surface area contributed by atoms with Crippen LogP contribution in [0.25, 0.3) is 0 Å². The number of halogens is 2. The van der Waals surface area contributed by atoms with Gasteiger partial charge in [0.15, 0.2) is 0 Å². The molecule has 1 fully saturated rings. The normalized spacial score (nSPS) is 22.5. The highest BCUT2D eigenvalue weighted by molar-refractivity contribution is 7.99. The average molecular weight is 287 g/mol. The molecule has 1 saturated heterocycles. The van der Waals surface area contributed by atoms with Crippen molar-refractivity contribution in [1.82, 2.24) is 0 Å². The molecule has 1 aromatic rings. The first-order chi connectivity index (χ1) is 8.96. The first-order valence-electron chi connectivity index (χ1n) is 6.41. The lowest BCUT2D eigenvalue weighted by Crippen LogP contribution is -2.40. The molecule has 0 aromatic heterocycles. The van der Waals surface area contributed by atoms with Crippen molar-refractivity contribution in [1.29, 1.82) is 0 Å². The van der Waals surface area contributed by atoms with Crippen molar-refractivity contribution >= 4 is 17.4 Å². The highest BCUT2D eigenvalue weighted by Gasteiger charge is 2.29. The van der Waals surface area contributed by atoms with Gasteiger partial charge in [-0.2, -0.15) is 8.78 Å². The fourth-order valence-electron chi connectivity index (χ4n) is 2.36. The standard InChI is InChI=1S/C14H19F2NOS/c1-14(2)9-10(7-8-18-14)17-11-5-3-4-6-12(11)19-13(15)16/h3-6,10,13,17H,7-9H2,1-2H3. The van der Waals surface area contributed by atoms with Crippen LogP contribution in [0, 0.1) is 0 Å². The molecule has 1 aliphatic rings. The third kappa shape index (κ3) is 4.35. The molecule has 19 heavy (non-hydrogen) atoms. The number of ether oxygens (including phenoxy) is 1. The number of benzene rings is 1. The molecule has 0 saturated carbocycles. The van der Waals surface area contributed by atoms with Gasteiger partial charge >= 0.3 is 0 Å². The summed E-state index contributed by atoms with van der Waals surface area (Å²) in [5, 5.41) is 3.38. The van der Waals surface area contributed by atoms with E-state index in [1.165, 1.54) is 0 Å². The van der Waals surface area contributed by atoms with E-state index in [0.29, 0.717) is 23.3 Å². The molecule has 106 valence electrons. The van der Waals surface area contributed by atoms with E-state index in [2.05, 4.69) is 19.2 Å².